The Morgan fingerprint density at radius 3 is 2.11 bits per heavy atom. The normalized spacial score (nSPS) is 14.1. The quantitative estimate of drug-likeness (QED) is 0.114. The van der Waals surface area contributed by atoms with Crippen LogP contribution in [0.15, 0.2) is 30.5 Å². The third-order valence-electron chi connectivity index (χ3n) is 5.57. The SMILES string of the molecule is NC(=O)CCC(NC(=O)C(CO)NC(=O)C(Cc1c[nH]c2ccccc12)NC(=O)C(N)CC(=O)O)C(=O)O. The van der Waals surface area contributed by atoms with Gasteiger partial charge in [-0.2, -0.15) is 0 Å². The number of aliphatic hydroxyl groups excluding tert-OH is 1. The molecule has 0 fully saturated rings. The van der Waals surface area contributed by atoms with Crippen molar-refractivity contribution in [3.05, 3.63) is 36.0 Å². The molecule has 206 valence electrons. The number of nitrogens with two attached hydrogens (primary N) is 2. The van der Waals surface area contributed by atoms with Crippen LogP contribution in [0, 0.1) is 0 Å². The average molecular weight is 535 g/mol. The Labute approximate surface area is 215 Å². The fourth-order valence-electron chi connectivity index (χ4n) is 3.57. The molecule has 0 saturated carbocycles. The molecule has 1 heterocycles. The van der Waals surface area contributed by atoms with Crippen LogP contribution in [0.25, 0.3) is 10.9 Å². The summed E-state index contributed by atoms with van der Waals surface area (Å²) in [6.45, 7) is -0.925. The molecule has 4 unspecified atom stereocenters. The number of amides is 4. The number of aliphatic carboxylic acids is 2. The zero-order valence-electron chi connectivity index (χ0n) is 20.2. The van der Waals surface area contributed by atoms with Crippen LogP contribution in [0.5, 0.6) is 0 Å². The summed E-state index contributed by atoms with van der Waals surface area (Å²) in [6.07, 6.45) is 0.168. The van der Waals surface area contributed by atoms with E-state index >= 15 is 0 Å². The Morgan fingerprint density at radius 1 is 0.895 bits per heavy atom. The van der Waals surface area contributed by atoms with Crippen LogP contribution in [0.2, 0.25) is 0 Å². The van der Waals surface area contributed by atoms with Crippen LogP contribution in [0.3, 0.4) is 0 Å². The molecular weight excluding hydrogens is 504 g/mol. The maximum atomic E-state index is 13.1. The zero-order chi connectivity index (χ0) is 28.4. The molecule has 11 N–H and O–H groups in total. The molecule has 1 aromatic heterocycles. The number of nitrogens with one attached hydrogen (secondary N) is 4. The molecule has 1 aromatic carbocycles. The number of carbonyl (C=O) groups is 6. The minimum atomic E-state index is -1.62. The molecule has 2 rings (SSSR count). The van der Waals surface area contributed by atoms with Crippen LogP contribution < -0.4 is 27.4 Å². The van der Waals surface area contributed by atoms with Gasteiger partial charge < -0.3 is 47.7 Å². The number of benzene rings is 1. The number of para-hydroxylation sites is 1. The van der Waals surface area contributed by atoms with Gasteiger partial charge >= 0.3 is 11.9 Å². The first kappa shape index (κ1) is 29.7. The van der Waals surface area contributed by atoms with Gasteiger partial charge in [-0.3, -0.25) is 24.0 Å². The van der Waals surface area contributed by atoms with Gasteiger partial charge in [0, 0.05) is 29.9 Å². The summed E-state index contributed by atoms with van der Waals surface area (Å²) in [5.74, 6) is -6.49. The van der Waals surface area contributed by atoms with Crippen molar-refractivity contribution in [2.45, 2.75) is 49.9 Å². The van der Waals surface area contributed by atoms with E-state index in [1.807, 2.05) is 0 Å². The van der Waals surface area contributed by atoms with Gasteiger partial charge in [-0.1, -0.05) is 18.2 Å². The Morgan fingerprint density at radius 2 is 1.50 bits per heavy atom. The Bertz CT molecular complexity index is 1200. The largest absolute Gasteiger partial charge is 0.481 e. The number of carboxylic acids is 2. The standard InChI is InChI=1S/C23H30N6O9/c24-13(8-19(32)33)20(34)28-16(7-11-9-26-14-4-2-1-3-12(11)14)21(35)29-17(10-30)22(36)27-15(23(37)38)5-6-18(25)31/h1-4,9,13,15-17,26,30H,5-8,10,24H2,(H2,25,31)(H,27,36)(H,28,34)(H,29,35)(H,32,33)(H,37,38). The van der Waals surface area contributed by atoms with Gasteiger partial charge in [0.2, 0.25) is 23.6 Å². The molecule has 0 aliphatic carbocycles. The van der Waals surface area contributed by atoms with Gasteiger partial charge in [-0.25, -0.2) is 4.79 Å². The summed E-state index contributed by atoms with van der Waals surface area (Å²) in [5, 5.41) is 35.4. The highest BCUT2D eigenvalue weighted by molar-refractivity contribution is 5.95. The van der Waals surface area contributed by atoms with Crippen molar-refractivity contribution in [2.75, 3.05) is 6.61 Å². The van der Waals surface area contributed by atoms with E-state index in [1.165, 1.54) is 0 Å². The molecule has 4 atom stereocenters. The topological polar surface area (TPSA) is 267 Å². The molecule has 4 amide bonds. The molecule has 0 saturated heterocycles. The van der Waals surface area contributed by atoms with Gasteiger partial charge in [0.25, 0.3) is 0 Å². The number of carboxylic acid groups (broad SMARTS) is 2. The third-order valence-corrected chi connectivity index (χ3v) is 5.57. The summed E-state index contributed by atoms with van der Waals surface area (Å²) in [5.41, 5.74) is 12.0. The van der Waals surface area contributed by atoms with Gasteiger partial charge in [0.05, 0.1) is 19.1 Å². The zero-order valence-corrected chi connectivity index (χ0v) is 20.2. The van der Waals surface area contributed by atoms with E-state index in [4.69, 9.17) is 16.6 Å². The van der Waals surface area contributed by atoms with E-state index in [9.17, 15) is 39.0 Å². The van der Waals surface area contributed by atoms with Gasteiger partial charge in [0.1, 0.15) is 18.1 Å². The van der Waals surface area contributed by atoms with E-state index in [0.29, 0.717) is 5.56 Å². The lowest BCUT2D eigenvalue weighted by molar-refractivity contribution is -0.143. The second-order valence-electron chi connectivity index (χ2n) is 8.48. The number of rotatable bonds is 15. The number of aromatic nitrogens is 1. The average Bonchev–Trinajstić information content (AvgIpc) is 3.26. The second-order valence-corrected chi connectivity index (χ2v) is 8.48. The molecule has 0 bridgehead atoms. The second kappa shape index (κ2) is 13.7. The fourth-order valence-corrected chi connectivity index (χ4v) is 3.57. The smallest absolute Gasteiger partial charge is 0.326 e. The Kier molecular flexibility index (Phi) is 10.7. The minimum Gasteiger partial charge on any atom is -0.481 e. The number of primary amides is 1. The van der Waals surface area contributed by atoms with Crippen molar-refractivity contribution >= 4 is 46.5 Å². The number of hydrogen-bond donors (Lipinski definition) is 9. The number of fused-ring (bicyclic) bond motifs is 1. The molecule has 0 aliphatic rings. The summed E-state index contributed by atoms with van der Waals surface area (Å²) < 4.78 is 0. The van der Waals surface area contributed by atoms with Crippen molar-refractivity contribution in [3.8, 4) is 0 Å². The lowest BCUT2D eigenvalue weighted by Crippen LogP contribution is -2.58. The first-order valence-corrected chi connectivity index (χ1v) is 11.5. The van der Waals surface area contributed by atoms with Gasteiger partial charge in [-0.15, -0.1) is 0 Å². The Balaban J connectivity index is 2.22. The first-order chi connectivity index (χ1) is 17.9. The highest BCUT2D eigenvalue weighted by atomic mass is 16.4. The number of hydrogen-bond acceptors (Lipinski definition) is 8. The summed E-state index contributed by atoms with van der Waals surface area (Å²) in [7, 11) is 0. The van der Waals surface area contributed by atoms with E-state index < -0.39 is 72.8 Å². The number of carbonyl (C=O) groups excluding carboxylic acids is 4. The van der Waals surface area contributed by atoms with Crippen molar-refractivity contribution in [1.29, 1.82) is 0 Å². The van der Waals surface area contributed by atoms with Gasteiger partial charge in [0.15, 0.2) is 0 Å². The molecule has 2 aromatic rings. The molecule has 38 heavy (non-hydrogen) atoms. The molecule has 0 spiro atoms. The monoisotopic (exact) mass is 534 g/mol. The van der Waals surface area contributed by atoms with Crippen LogP contribution >= 0.6 is 0 Å². The lowest BCUT2D eigenvalue weighted by atomic mass is 10.0. The Hall–Kier alpha value is -4.50. The van der Waals surface area contributed by atoms with Crippen molar-refractivity contribution in [3.63, 3.8) is 0 Å². The predicted octanol–water partition coefficient (Wildman–Crippen LogP) is -2.69. The summed E-state index contributed by atoms with van der Waals surface area (Å²) in [4.78, 5) is 74.6. The third kappa shape index (κ3) is 8.56. The highest BCUT2D eigenvalue weighted by Gasteiger charge is 2.31. The van der Waals surface area contributed by atoms with E-state index in [1.54, 1.807) is 30.5 Å². The van der Waals surface area contributed by atoms with Crippen LogP contribution in [0.1, 0.15) is 24.8 Å². The molecular formula is C23H30N6O9. The van der Waals surface area contributed by atoms with Crippen LogP contribution in [-0.2, 0) is 35.2 Å². The van der Waals surface area contributed by atoms with Crippen LogP contribution in [0.4, 0.5) is 0 Å². The molecule has 0 aliphatic heterocycles. The highest BCUT2D eigenvalue weighted by Crippen LogP contribution is 2.19. The maximum absolute atomic E-state index is 13.1. The summed E-state index contributed by atoms with van der Waals surface area (Å²) in [6, 6.07) is 1.16. The van der Waals surface area contributed by atoms with Crippen molar-refractivity contribution < 1.29 is 44.1 Å². The van der Waals surface area contributed by atoms with Crippen LogP contribution in [-0.4, -0.2) is 86.6 Å². The lowest BCUT2D eigenvalue weighted by Gasteiger charge is -2.24. The molecule has 15 heteroatoms. The molecule has 15 nitrogen and oxygen atoms in total. The number of H-pyrrole nitrogens is 1. The fraction of sp³-hybridized carbons (Fsp3) is 0.391. The summed E-state index contributed by atoms with van der Waals surface area (Å²) >= 11 is 0. The first-order valence-electron chi connectivity index (χ1n) is 11.5. The maximum Gasteiger partial charge on any atom is 0.326 e. The van der Waals surface area contributed by atoms with Crippen molar-refractivity contribution in [1.82, 2.24) is 20.9 Å². The van der Waals surface area contributed by atoms with E-state index in [2.05, 4.69) is 20.9 Å². The van der Waals surface area contributed by atoms with Crippen molar-refractivity contribution in [2.24, 2.45) is 11.5 Å². The van der Waals surface area contributed by atoms with E-state index in [-0.39, 0.29) is 19.3 Å². The minimum absolute atomic E-state index is 0.0997. The van der Waals surface area contributed by atoms with E-state index in [0.717, 1.165) is 10.9 Å². The number of aliphatic hydroxyl groups is 1. The predicted molar refractivity (Wildman–Crippen MR) is 131 cm³/mol. The molecule has 0 radical (unpaired) electrons. The number of aromatic amines is 1. The van der Waals surface area contributed by atoms with Gasteiger partial charge in [-0.05, 0) is 18.1 Å².